The second kappa shape index (κ2) is 6.84. The van der Waals surface area contributed by atoms with E-state index in [2.05, 4.69) is 11.4 Å². The number of aryl methyl sites for hydroxylation is 2. The molecule has 0 unspecified atom stereocenters. The second-order valence-electron chi connectivity index (χ2n) is 6.52. The molecule has 2 heterocycles. The van der Waals surface area contributed by atoms with Crippen LogP contribution in [0, 0.1) is 0 Å². The topological polar surface area (TPSA) is 68.0 Å². The largest absolute Gasteiger partial charge is 0.397 e. The fourth-order valence-electron chi connectivity index (χ4n) is 3.36. The van der Waals surface area contributed by atoms with Gasteiger partial charge in [-0.05, 0) is 42.9 Å². The molecule has 0 aliphatic heterocycles. The van der Waals surface area contributed by atoms with Crippen LogP contribution >= 0.6 is 11.3 Å². The Bertz CT molecular complexity index is 918. The van der Waals surface area contributed by atoms with E-state index in [0.717, 1.165) is 28.6 Å². The molecule has 0 saturated heterocycles. The van der Waals surface area contributed by atoms with Gasteiger partial charge in [-0.25, -0.2) is 4.98 Å². The molecule has 25 heavy (non-hydrogen) atoms. The van der Waals surface area contributed by atoms with Crippen molar-refractivity contribution in [2.75, 3.05) is 5.73 Å². The normalized spacial score (nSPS) is 14.1. The van der Waals surface area contributed by atoms with Crippen molar-refractivity contribution in [3.05, 3.63) is 58.1 Å². The lowest BCUT2D eigenvalue weighted by Gasteiger charge is -2.05. The van der Waals surface area contributed by atoms with Crippen molar-refractivity contribution >= 4 is 33.1 Å². The number of benzene rings is 1. The number of hydrogen-bond acceptors (Lipinski definition) is 4. The average molecular weight is 351 g/mol. The quantitative estimate of drug-likeness (QED) is 0.699. The zero-order valence-corrected chi connectivity index (χ0v) is 14.9. The van der Waals surface area contributed by atoms with E-state index < -0.39 is 0 Å². The van der Waals surface area contributed by atoms with Crippen molar-refractivity contribution in [2.24, 2.45) is 0 Å². The van der Waals surface area contributed by atoms with Gasteiger partial charge in [0.1, 0.15) is 9.71 Å². The zero-order chi connectivity index (χ0) is 17.2. The molecule has 1 aliphatic carbocycles. The third kappa shape index (κ3) is 3.24. The number of carbonyl (C=O) groups is 1. The van der Waals surface area contributed by atoms with E-state index in [1.165, 1.54) is 41.9 Å². The predicted octanol–water partition coefficient (Wildman–Crippen LogP) is 4.08. The summed E-state index contributed by atoms with van der Waals surface area (Å²) < 4.78 is 0. The summed E-state index contributed by atoms with van der Waals surface area (Å²) in [6.45, 7) is 0.497. The van der Waals surface area contributed by atoms with Gasteiger partial charge in [-0.15, -0.1) is 11.3 Å². The number of aromatic nitrogens is 1. The number of nitrogens with two attached hydrogens (primary N) is 1. The third-order valence-corrected chi connectivity index (χ3v) is 5.87. The number of thiophene rings is 1. The Morgan fingerprint density at radius 1 is 1.16 bits per heavy atom. The van der Waals surface area contributed by atoms with E-state index in [4.69, 9.17) is 10.7 Å². The number of nitrogen functional groups attached to an aromatic ring is 1. The highest BCUT2D eigenvalue weighted by molar-refractivity contribution is 7.21. The Kier molecular flexibility index (Phi) is 4.40. The Hall–Kier alpha value is -2.40. The summed E-state index contributed by atoms with van der Waals surface area (Å²) >= 11 is 1.40. The minimum Gasteiger partial charge on any atom is -0.397 e. The molecule has 1 amide bonds. The van der Waals surface area contributed by atoms with E-state index in [1.54, 1.807) is 0 Å². The Morgan fingerprint density at radius 2 is 1.96 bits per heavy atom. The summed E-state index contributed by atoms with van der Waals surface area (Å²) in [5, 5.41) is 3.89. The van der Waals surface area contributed by atoms with Crippen LogP contribution in [0.3, 0.4) is 0 Å². The van der Waals surface area contributed by atoms with Gasteiger partial charge in [0.25, 0.3) is 5.91 Å². The van der Waals surface area contributed by atoms with Gasteiger partial charge < -0.3 is 11.1 Å². The number of nitrogens with zero attached hydrogens (tertiary/aromatic N) is 1. The summed E-state index contributed by atoms with van der Waals surface area (Å²) in [6, 6.07) is 12.0. The molecule has 1 aliphatic rings. The number of anilines is 1. The summed E-state index contributed by atoms with van der Waals surface area (Å²) in [5.74, 6) is -0.125. The molecule has 4 nitrogen and oxygen atoms in total. The van der Waals surface area contributed by atoms with Crippen LogP contribution in [-0.4, -0.2) is 10.9 Å². The molecule has 0 saturated carbocycles. The molecule has 0 atom stereocenters. The van der Waals surface area contributed by atoms with Crippen molar-refractivity contribution < 1.29 is 4.79 Å². The lowest BCUT2D eigenvalue weighted by molar-refractivity contribution is 0.0956. The SMILES string of the molecule is Nc1c(C(=O)NCc2ccccc2)sc2nc3c(cc12)CCCCC3. The first kappa shape index (κ1) is 16.1. The van der Waals surface area contributed by atoms with Crippen LogP contribution in [0.15, 0.2) is 36.4 Å². The minimum absolute atomic E-state index is 0.125. The molecule has 0 bridgehead atoms. The van der Waals surface area contributed by atoms with Crippen LogP contribution in [0.2, 0.25) is 0 Å². The number of amides is 1. The molecule has 3 aromatic rings. The Balaban J connectivity index is 1.61. The second-order valence-corrected chi connectivity index (χ2v) is 7.52. The molecule has 0 radical (unpaired) electrons. The fourth-order valence-corrected chi connectivity index (χ4v) is 4.38. The van der Waals surface area contributed by atoms with E-state index in [1.807, 2.05) is 30.3 Å². The molecule has 5 heteroatoms. The van der Waals surface area contributed by atoms with E-state index in [-0.39, 0.29) is 5.91 Å². The third-order valence-electron chi connectivity index (χ3n) is 4.75. The molecule has 0 fully saturated rings. The standard InChI is InChI=1S/C20H21N3OS/c21-17-15-11-14-9-5-2-6-10-16(14)23-20(15)25-18(17)19(24)22-12-13-7-3-1-4-8-13/h1,3-4,7-8,11H,2,5-6,9-10,12,21H2,(H,22,24). The number of hydrogen-bond donors (Lipinski definition) is 2. The van der Waals surface area contributed by atoms with Crippen LogP contribution in [0.1, 0.15) is 45.8 Å². The molecule has 2 aromatic heterocycles. The minimum atomic E-state index is -0.125. The van der Waals surface area contributed by atoms with Crippen LogP contribution in [0.5, 0.6) is 0 Å². The summed E-state index contributed by atoms with van der Waals surface area (Å²) in [5.41, 5.74) is 10.4. The predicted molar refractivity (Wildman–Crippen MR) is 103 cm³/mol. The fraction of sp³-hybridized carbons (Fsp3) is 0.300. The maximum atomic E-state index is 12.6. The van der Waals surface area contributed by atoms with Gasteiger partial charge in [-0.3, -0.25) is 4.79 Å². The zero-order valence-electron chi connectivity index (χ0n) is 14.0. The average Bonchev–Trinajstić information content (AvgIpc) is 2.81. The van der Waals surface area contributed by atoms with E-state index in [0.29, 0.717) is 17.1 Å². The Morgan fingerprint density at radius 3 is 2.80 bits per heavy atom. The first-order valence-electron chi connectivity index (χ1n) is 8.75. The van der Waals surface area contributed by atoms with Crippen molar-refractivity contribution in [3.63, 3.8) is 0 Å². The summed E-state index contributed by atoms with van der Waals surface area (Å²) in [4.78, 5) is 18.8. The molecular formula is C20H21N3OS. The lowest BCUT2D eigenvalue weighted by Crippen LogP contribution is -2.22. The monoisotopic (exact) mass is 351 g/mol. The maximum absolute atomic E-state index is 12.6. The van der Waals surface area contributed by atoms with Crippen molar-refractivity contribution in [1.29, 1.82) is 0 Å². The highest BCUT2D eigenvalue weighted by Crippen LogP contribution is 2.35. The van der Waals surface area contributed by atoms with Crippen LogP contribution < -0.4 is 11.1 Å². The van der Waals surface area contributed by atoms with Gasteiger partial charge in [0.2, 0.25) is 0 Å². The Labute approximate surface area is 151 Å². The highest BCUT2D eigenvalue weighted by Gasteiger charge is 2.19. The molecule has 1 aromatic carbocycles. The number of pyridine rings is 1. The summed E-state index contributed by atoms with van der Waals surface area (Å²) in [6.07, 6.45) is 5.74. The van der Waals surface area contributed by atoms with Gasteiger partial charge >= 0.3 is 0 Å². The highest BCUT2D eigenvalue weighted by atomic mass is 32.1. The molecule has 4 rings (SSSR count). The van der Waals surface area contributed by atoms with Gasteiger partial charge in [0, 0.05) is 17.6 Å². The van der Waals surface area contributed by atoms with Gasteiger partial charge in [-0.2, -0.15) is 0 Å². The van der Waals surface area contributed by atoms with E-state index >= 15 is 0 Å². The molecular weight excluding hydrogens is 330 g/mol. The first-order valence-corrected chi connectivity index (χ1v) is 9.57. The van der Waals surface area contributed by atoms with Crippen molar-refractivity contribution in [2.45, 2.75) is 38.6 Å². The number of fused-ring (bicyclic) bond motifs is 2. The molecule has 0 spiro atoms. The van der Waals surface area contributed by atoms with Gasteiger partial charge in [-0.1, -0.05) is 36.8 Å². The molecule has 3 N–H and O–H groups in total. The van der Waals surface area contributed by atoms with Crippen LogP contribution in [0.25, 0.3) is 10.2 Å². The lowest BCUT2D eigenvalue weighted by atomic mass is 10.1. The first-order chi connectivity index (χ1) is 12.2. The maximum Gasteiger partial charge on any atom is 0.263 e. The van der Waals surface area contributed by atoms with Crippen molar-refractivity contribution in [3.8, 4) is 0 Å². The van der Waals surface area contributed by atoms with E-state index in [9.17, 15) is 4.79 Å². The smallest absolute Gasteiger partial charge is 0.263 e. The summed E-state index contributed by atoms with van der Waals surface area (Å²) in [7, 11) is 0. The molecule has 128 valence electrons. The number of carbonyl (C=O) groups excluding carboxylic acids is 1. The number of rotatable bonds is 3. The van der Waals surface area contributed by atoms with Crippen molar-refractivity contribution in [1.82, 2.24) is 10.3 Å². The van der Waals surface area contributed by atoms with Crippen LogP contribution in [-0.2, 0) is 19.4 Å². The van der Waals surface area contributed by atoms with Crippen LogP contribution in [0.4, 0.5) is 5.69 Å². The van der Waals surface area contributed by atoms with Gasteiger partial charge in [0.05, 0.1) is 5.69 Å². The van der Waals surface area contributed by atoms with Gasteiger partial charge in [0.15, 0.2) is 0 Å². The number of nitrogens with one attached hydrogen (secondary N) is 1.